The number of carbonyl (C=O) groups is 1. The zero-order valence-electron chi connectivity index (χ0n) is 10.2. The second kappa shape index (κ2) is 4.88. The average molecular weight is 233 g/mol. The quantitative estimate of drug-likeness (QED) is 0.858. The molecule has 0 radical (unpaired) electrons. The molecule has 0 saturated carbocycles. The van der Waals surface area contributed by atoms with Gasteiger partial charge in [0, 0.05) is 6.42 Å². The summed E-state index contributed by atoms with van der Waals surface area (Å²) in [5.74, 6) is 0.160. The Hall–Kier alpha value is -1.35. The summed E-state index contributed by atoms with van der Waals surface area (Å²) in [7, 11) is 0. The number of amides is 1. The molecule has 1 fully saturated rings. The van der Waals surface area contributed by atoms with Crippen LogP contribution < -0.4 is 0 Å². The SMILES string of the molecule is CC1(O)CN(C(=O)CCCc2ccccc2)C1. The van der Waals surface area contributed by atoms with Crippen LogP contribution in [0.15, 0.2) is 30.3 Å². The third kappa shape index (κ3) is 3.30. The van der Waals surface area contributed by atoms with Crippen LogP contribution >= 0.6 is 0 Å². The van der Waals surface area contributed by atoms with Crippen molar-refractivity contribution in [3.05, 3.63) is 35.9 Å². The van der Waals surface area contributed by atoms with Crippen molar-refractivity contribution in [2.75, 3.05) is 13.1 Å². The Morgan fingerprint density at radius 3 is 2.59 bits per heavy atom. The molecule has 0 spiro atoms. The molecule has 3 heteroatoms. The average Bonchev–Trinajstić information content (AvgIpc) is 2.27. The van der Waals surface area contributed by atoms with E-state index in [-0.39, 0.29) is 5.91 Å². The third-order valence-electron chi connectivity index (χ3n) is 3.11. The van der Waals surface area contributed by atoms with Crippen LogP contribution in [0.1, 0.15) is 25.3 Å². The molecule has 1 aromatic rings. The Morgan fingerprint density at radius 1 is 1.35 bits per heavy atom. The Morgan fingerprint density at radius 2 is 2.00 bits per heavy atom. The molecular weight excluding hydrogens is 214 g/mol. The van der Waals surface area contributed by atoms with Crippen molar-refractivity contribution in [3.8, 4) is 0 Å². The van der Waals surface area contributed by atoms with Gasteiger partial charge in [-0.3, -0.25) is 4.79 Å². The summed E-state index contributed by atoms with van der Waals surface area (Å²) in [6.07, 6.45) is 2.39. The standard InChI is InChI=1S/C14H19NO2/c1-14(17)10-15(11-14)13(16)9-5-8-12-6-3-2-4-7-12/h2-4,6-7,17H,5,8-11H2,1H3. The molecule has 0 bridgehead atoms. The Balaban J connectivity index is 1.68. The molecule has 1 aliphatic heterocycles. The van der Waals surface area contributed by atoms with Gasteiger partial charge in [0.25, 0.3) is 0 Å². The Kier molecular flexibility index (Phi) is 3.48. The lowest BCUT2D eigenvalue weighted by Gasteiger charge is -2.44. The molecular formula is C14H19NO2. The summed E-state index contributed by atoms with van der Waals surface area (Å²) in [6, 6.07) is 10.2. The van der Waals surface area contributed by atoms with Crippen molar-refractivity contribution in [2.45, 2.75) is 31.8 Å². The fourth-order valence-corrected chi connectivity index (χ4v) is 2.20. The molecule has 0 aromatic heterocycles. The molecule has 2 rings (SSSR count). The van der Waals surface area contributed by atoms with E-state index in [2.05, 4.69) is 12.1 Å². The van der Waals surface area contributed by atoms with E-state index in [4.69, 9.17) is 0 Å². The first-order valence-electron chi connectivity index (χ1n) is 6.11. The Labute approximate surface area is 102 Å². The highest BCUT2D eigenvalue weighted by Gasteiger charge is 2.38. The van der Waals surface area contributed by atoms with Crippen LogP contribution in [-0.2, 0) is 11.2 Å². The van der Waals surface area contributed by atoms with Gasteiger partial charge in [-0.1, -0.05) is 30.3 Å². The van der Waals surface area contributed by atoms with Crippen LogP contribution in [0.2, 0.25) is 0 Å². The smallest absolute Gasteiger partial charge is 0.222 e. The lowest BCUT2D eigenvalue weighted by molar-refractivity contribution is -0.152. The predicted octanol–water partition coefficient (Wildman–Crippen LogP) is 1.60. The van der Waals surface area contributed by atoms with Gasteiger partial charge in [-0.15, -0.1) is 0 Å². The second-order valence-electron chi connectivity index (χ2n) is 5.09. The zero-order chi connectivity index (χ0) is 12.3. The van der Waals surface area contributed by atoms with Crippen LogP contribution in [0.5, 0.6) is 0 Å². The molecule has 17 heavy (non-hydrogen) atoms. The number of β-amino-alcohol motifs (C(OH)–C–C–N with tert-alkyl or cyclic N) is 1. The lowest BCUT2D eigenvalue weighted by atomic mass is 9.96. The minimum Gasteiger partial charge on any atom is -0.386 e. The van der Waals surface area contributed by atoms with Crippen molar-refractivity contribution in [2.24, 2.45) is 0 Å². The lowest BCUT2D eigenvalue weighted by Crippen LogP contribution is -2.61. The fourth-order valence-electron chi connectivity index (χ4n) is 2.20. The number of carbonyl (C=O) groups excluding carboxylic acids is 1. The summed E-state index contributed by atoms with van der Waals surface area (Å²) in [4.78, 5) is 13.4. The molecule has 3 nitrogen and oxygen atoms in total. The number of likely N-dealkylation sites (tertiary alicyclic amines) is 1. The van der Waals surface area contributed by atoms with E-state index >= 15 is 0 Å². The number of aliphatic hydroxyl groups is 1. The zero-order valence-corrected chi connectivity index (χ0v) is 10.2. The summed E-state index contributed by atoms with van der Waals surface area (Å²) >= 11 is 0. The number of aryl methyl sites for hydroxylation is 1. The fraction of sp³-hybridized carbons (Fsp3) is 0.500. The summed E-state index contributed by atoms with van der Waals surface area (Å²) in [6.45, 7) is 2.73. The van der Waals surface area contributed by atoms with Crippen molar-refractivity contribution >= 4 is 5.91 Å². The van der Waals surface area contributed by atoms with Gasteiger partial charge < -0.3 is 10.0 Å². The van der Waals surface area contributed by atoms with Gasteiger partial charge in [-0.05, 0) is 25.3 Å². The molecule has 0 unspecified atom stereocenters. The molecule has 1 amide bonds. The van der Waals surface area contributed by atoms with Crippen LogP contribution in [0, 0.1) is 0 Å². The molecule has 1 aromatic carbocycles. The normalized spacial score (nSPS) is 17.6. The summed E-state index contributed by atoms with van der Waals surface area (Å²) in [5.41, 5.74) is 0.616. The highest BCUT2D eigenvalue weighted by Crippen LogP contribution is 2.21. The van der Waals surface area contributed by atoms with Gasteiger partial charge in [0.1, 0.15) is 0 Å². The number of rotatable bonds is 4. The molecule has 0 atom stereocenters. The second-order valence-corrected chi connectivity index (χ2v) is 5.09. The van der Waals surface area contributed by atoms with E-state index in [1.807, 2.05) is 18.2 Å². The van der Waals surface area contributed by atoms with E-state index in [0.717, 1.165) is 12.8 Å². The largest absolute Gasteiger partial charge is 0.386 e. The molecule has 92 valence electrons. The maximum Gasteiger partial charge on any atom is 0.222 e. The number of hydrogen-bond donors (Lipinski definition) is 1. The topological polar surface area (TPSA) is 40.5 Å². The van der Waals surface area contributed by atoms with Gasteiger partial charge in [0.15, 0.2) is 0 Å². The first-order valence-corrected chi connectivity index (χ1v) is 6.11. The molecule has 1 heterocycles. The van der Waals surface area contributed by atoms with Gasteiger partial charge in [-0.2, -0.15) is 0 Å². The number of nitrogens with zero attached hydrogens (tertiary/aromatic N) is 1. The van der Waals surface area contributed by atoms with Gasteiger partial charge in [0.2, 0.25) is 5.91 Å². The molecule has 1 N–H and O–H groups in total. The molecule has 1 saturated heterocycles. The monoisotopic (exact) mass is 233 g/mol. The van der Waals surface area contributed by atoms with Crippen molar-refractivity contribution in [3.63, 3.8) is 0 Å². The van der Waals surface area contributed by atoms with E-state index in [1.165, 1.54) is 5.56 Å². The van der Waals surface area contributed by atoms with Gasteiger partial charge >= 0.3 is 0 Å². The van der Waals surface area contributed by atoms with E-state index < -0.39 is 5.60 Å². The molecule has 1 aliphatic rings. The third-order valence-corrected chi connectivity index (χ3v) is 3.11. The van der Waals surface area contributed by atoms with E-state index in [9.17, 15) is 9.90 Å². The van der Waals surface area contributed by atoms with Crippen LogP contribution in [0.4, 0.5) is 0 Å². The first-order chi connectivity index (χ1) is 8.07. The van der Waals surface area contributed by atoms with Gasteiger partial charge in [0.05, 0.1) is 18.7 Å². The summed E-state index contributed by atoms with van der Waals surface area (Å²) < 4.78 is 0. The highest BCUT2D eigenvalue weighted by atomic mass is 16.3. The highest BCUT2D eigenvalue weighted by molar-refractivity contribution is 5.77. The van der Waals surface area contributed by atoms with Crippen molar-refractivity contribution in [1.82, 2.24) is 4.90 Å². The van der Waals surface area contributed by atoms with E-state index in [0.29, 0.717) is 19.5 Å². The van der Waals surface area contributed by atoms with Gasteiger partial charge in [-0.25, -0.2) is 0 Å². The number of hydrogen-bond acceptors (Lipinski definition) is 2. The molecule has 0 aliphatic carbocycles. The van der Waals surface area contributed by atoms with Crippen LogP contribution in [0.25, 0.3) is 0 Å². The van der Waals surface area contributed by atoms with Crippen LogP contribution in [0.3, 0.4) is 0 Å². The summed E-state index contributed by atoms with van der Waals surface area (Å²) in [5, 5.41) is 9.54. The number of benzene rings is 1. The maximum absolute atomic E-state index is 11.7. The van der Waals surface area contributed by atoms with Crippen molar-refractivity contribution in [1.29, 1.82) is 0 Å². The minimum atomic E-state index is -0.658. The van der Waals surface area contributed by atoms with E-state index in [1.54, 1.807) is 11.8 Å². The maximum atomic E-state index is 11.7. The Bertz CT molecular complexity index is 378. The van der Waals surface area contributed by atoms with Crippen LogP contribution in [-0.4, -0.2) is 34.6 Å². The predicted molar refractivity (Wildman–Crippen MR) is 66.6 cm³/mol. The first kappa shape index (κ1) is 12.1. The minimum absolute atomic E-state index is 0.160. The van der Waals surface area contributed by atoms with Crippen molar-refractivity contribution < 1.29 is 9.90 Å².